The van der Waals surface area contributed by atoms with Crippen LogP contribution in [0.2, 0.25) is 0 Å². The molecule has 1 heterocycles. The van der Waals surface area contributed by atoms with Crippen LogP contribution in [0, 0.1) is 6.92 Å². The minimum absolute atomic E-state index is 0.536. The van der Waals surface area contributed by atoms with E-state index in [4.69, 9.17) is 10.5 Å². The number of nitrogens with zero attached hydrogens (tertiary/aromatic N) is 1. The van der Waals surface area contributed by atoms with Gasteiger partial charge >= 0.3 is 0 Å². The van der Waals surface area contributed by atoms with Gasteiger partial charge in [-0.15, -0.1) is 0 Å². The van der Waals surface area contributed by atoms with Gasteiger partial charge in [0.15, 0.2) is 0 Å². The van der Waals surface area contributed by atoms with Crippen LogP contribution in [0.4, 0.5) is 5.69 Å². The van der Waals surface area contributed by atoms with E-state index in [2.05, 4.69) is 29.2 Å². The summed E-state index contributed by atoms with van der Waals surface area (Å²) in [6.07, 6.45) is 3.73. The number of hydrogen-bond donors (Lipinski definition) is 1. The highest BCUT2D eigenvalue weighted by Gasteiger charge is 2.01. The Bertz CT molecular complexity index is 497. The van der Waals surface area contributed by atoms with Crippen molar-refractivity contribution in [1.82, 2.24) is 4.98 Å². The molecular formula is C15H18N2O. The second kappa shape index (κ2) is 6.05. The maximum Gasteiger partial charge on any atom is 0.237 e. The molecule has 0 aliphatic carbocycles. The Morgan fingerprint density at radius 1 is 1.22 bits per heavy atom. The Kier molecular flexibility index (Phi) is 4.18. The van der Waals surface area contributed by atoms with E-state index < -0.39 is 0 Å². The number of hydrogen-bond acceptors (Lipinski definition) is 3. The topological polar surface area (TPSA) is 48.1 Å². The number of aromatic nitrogens is 1. The van der Waals surface area contributed by atoms with Crippen molar-refractivity contribution in [3.8, 4) is 5.88 Å². The Morgan fingerprint density at radius 3 is 2.72 bits per heavy atom. The summed E-state index contributed by atoms with van der Waals surface area (Å²) in [5.41, 5.74) is 8.80. The van der Waals surface area contributed by atoms with Gasteiger partial charge in [-0.2, -0.15) is 0 Å². The highest BCUT2D eigenvalue weighted by Crippen LogP contribution is 2.18. The highest BCUT2D eigenvalue weighted by atomic mass is 16.5. The molecule has 0 unspecified atom stereocenters. The number of nitrogen functional groups attached to an aromatic ring is 1. The molecule has 0 saturated heterocycles. The second-order valence-electron chi connectivity index (χ2n) is 4.34. The number of aryl methyl sites for hydroxylation is 2. The molecule has 0 aliphatic rings. The lowest BCUT2D eigenvalue weighted by Crippen LogP contribution is -2.03. The van der Waals surface area contributed by atoms with Crippen LogP contribution in [-0.4, -0.2) is 11.6 Å². The lowest BCUT2D eigenvalue weighted by molar-refractivity contribution is 0.301. The third-order valence-electron chi connectivity index (χ3n) is 2.71. The highest BCUT2D eigenvalue weighted by molar-refractivity contribution is 5.49. The number of pyridine rings is 1. The van der Waals surface area contributed by atoms with Crippen molar-refractivity contribution in [3.05, 3.63) is 53.7 Å². The molecule has 18 heavy (non-hydrogen) atoms. The van der Waals surface area contributed by atoms with Crippen LogP contribution in [0.15, 0.2) is 42.6 Å². The van der Waals surface area contributed by atoms with E-state index >= 15 is 0 Å². The third-order valence-corrected chi connectivity index (χ3v) is 2.71. The van der Waals surface area contributed by atoms with Crippen LogP contribution in [0.3, 0.4) is 0 Å². The Morgan fingerprint density at radius 2 is 2.00 bits per heavy atom. The summed E-state index contributed by atoms with van der Waals surface area (Å²) in [4.78, 5) is 4.18. The van der Waals surface area contributed by atoms with Gasteiger partial charge in [-0.1, -0.05) is 30.3 Å². The van der Waals surface area contributed by atoms with E-state index in [0.29, 0.717) is 18.2 Å². The number of ether oxygens (including phenoxy) is 1. The van der Waals surface area contributed by atoms with Crippen LogP contribution in [0.25, 0.3) is 0 Å². The van der Waals surface area contributed by atoms with Crippen LogP contribution >= 0.6 is 0 Å². The summed E-state index contributed by atoms with van der Waals surface area (Å²) < 4.78 is 5.58. The van der Waals surface area contributed by atoms with Crippen molar-refractivity contribution in [2.24, 2.45) is 0 Å². The molecule has 3 nitrogen and oxygen atoms in total. The van der Waals surface area contributed by atoms with Crippen molar-refractivity contribution in [2.45, 2.75) is 19.8 Å². The fourth-order valence-corrected chi connectivity index (χ4v) is 1.79. The summed E-state index contributed by atoms with van der Waals surface area (Å²) in [6.45, 7) is 2.59. The summed E-state index contributed by atoms with van der Waals surface area (Å²) in [6, 6.07) is 12.2. The quantitative estimate of drug-likeness (QED) is 0.820. The summed E-state index contributed by atoms with van der Waals surface area (Å²) >= 11 is 0. The first-order chi connectivity index (χ1) is 8.75. The lowest BCUT2D eigenvalue weighted by Gasteiger charge is -2.08. The largest absolute Gasteiger partial charge is 0.476 e. The third kappa shape index (κ3) is 3.48. The zero-order valence-electron chi connectivity index (χ0n) is 10.6. The number of rotatable bonds is 5. The van der Waals surface area contributed by atoms with Gasteiger partial charge in [0, 0.05) is 6.20 Å². The van der Waals surface area contributed by atoms with Crippen molar-refractivity contribution in [2.75, 3.05) is 12.3 Å². The normalized spacial score (nSPS) is 10.3. The zero-order valence-corrected chi connectivity index (χ0v) is 10.6. The first kappa shape index (κ1) is 12.4. The molecule has 0 atom stereocenters. The predicted molar refractivity (Wildman–Crippen MR) is 73.6 cm³/mol. The summed E-state index contributed by atoms with van der Waals surface area (Å²) in [5.74, 6) is 0.536. The van der Waals surface area contributed by atoms with E-state index in [0.717, 1.165) is 18.4 Å². The van der Waals surface area contributed by atoms with Crippen molar-refractivity contribution < 1.29 is 4.74 Å². The van der Waals surface area contributed by atoms with Crippen molar-refractivity contribution >= 4 is 5.69 Å². The Balaban J connectivity index is 1.79. The summed E-state index contributed by atoms with van der Waals surface area (Å²) in [5, 5.41) is 0. The fraction of sp³-hybridized carbons (Fsp3) is 0.267. The Labute approximate surface area is 108 Å². The molecular weight excluding hydrogens is 224 g/mol. The van der Waals surface area contributed by atoms with E-state index in [9.17, 15) is 0 Å². The van der Waals surface area contributed by atoms with Crippen LogP contribution in [-0.2, 0) is 6.42 Å². The molecule has 0 amide bonds. The molecule has 0 aliphatic heterocycles. The van der Waals surface area contributed by atoms with Gasteiger partial charge in [-0.05, 0) is 37.0 Å². The first-order valence-corrected chi connectivity index (χ1v) is 6.14. The van der Waals surface area contributed by atoms with E-state index in [-0.39, 0.29) is 0 Å². The molecule has 3 heteroatoms. The van der Waals surface area contributed by atoms with E-state index in [1.807, 2.05) is 19.1 Å². The fourth-order valence-electron chi connectivity index (χ4n) is 1.79. The van der Waals surface area contributed by atoms with Crippen molar-refractivity contribution in [3.63, 3.8) is 0 Å². The predicted octanol–water partition coefficient (Wildman–Crippen LogP) is 2.98. The maximum atomic E-state index is 5.83. The molecule has 2 aromatic rings. The first-order valence-electron chi connectivity index (χ1n) is 6.14. The minimum Gasteiger partial charge on any atom is -0.476 e. The zero-order chi connectivity index (χ0) is 12.8. The smallest absolute Gasteiger partial charge is 0.237 e. The van der Waals surface area contributed by atoms with Crippen LogP contribution < -0.4 is 10.5 Å². The molecule has 0 spiro atoms. The molecule has 2 rings (SSSR count). The maximum absolute atomic E-state index is 5.83. The van der Waals surface area contributed by atoms with Gasteiger partial charge in [0.05, 0.1) is 12.3 Å². The molecule has 2 N–H and O–H groups in total. The molecule has 0 saturated carbocycles. The van der Waals surface area contributed by atoms with Crippen molar-refractivity contribution in [1.29, 1.82) is 0 Å². The van der Waals surface area contributed by atoms with Gasteiger partial charge in [-0.3, -0.25) is 0 Å². The van der Waals surface area contributed by atoms with Crippen LogP contribution in [0.1, 0.15) is 17.5 Å². The molecule has 1 aromatic heterocycles. The van der Waals surface area contributed by atoms with Gasteiger partial charge in [-0.25, -0.2) is 4.98 Å². The standard InChI is InChI=1S/C15H18N2O/c1-12-10-14(16)15(17-11-12)18-9-5-8-13-6-3-2-4-7-13/h2-4,6-7,10-11H,5,8-9,16H2,1H3. The number of nitrogens with two attached hydrogens (primary N) is 1. The SMILES string of the molecule is Cc1cnc(OCCCc2ccccc2)c(N)c1. The monoisotopic (exact) mass is 242 g/mol. The average Bonchev–Trinajstić information content (AvgIpc) is 2.38. The minimum atomic E-state index is 0.536. The second-order valence-corrected chi connectivity index (χ2v) is 4.34. The molecule has 0 fully saturated rings. The van der Waals surface area contributed by atoms with Gasteiger partial charge in [0.25, 0.3) is 0 Å². The summed E-state index contributed by atoms with van der Waals surface area (Å²) in [7, 11) is 0. The molecule has 1 aromatic carbocycles. The number of benzene rings is 1. The molecule has 0 radical (unpaired) electrons. The van der Waals surface area contributed by atoms with E-state index in [1.165, 1.54) is 5.56 Å². The number of anilines is 1. The Hall–Kier alpha value is -2.03. The van der Waals surface area contributed by atoms with Gasteiger partial charge in [0.2, 0.25) is 5.88 Å². The molecule has 94 valence electrons. The lowest BCUT2D eigenvalue weighted by atomic mass is 10.1. The van der Waals surface area contributed by atoms with Crippen LogP contribution in [0.5, 0.6) is 5.88 Å². The van der Waals surface area contributed by atoms with Gasteiger partial charge in [0.1, 0.15) is 0 Å². The average molecular weight is 242 g/mol. The van der Waals surface area contributed by atoms with E-state index in [1.54, 1.807) is 6.20 Å². The molecule has 0 bridgehead atoms. The van der Waals surface area contributed by atoms with Gasteiger partial charge < -0.3 is 10.5 Å².